The third-order valence-corrected chi connectivity index (χ3v) is 3.69. The number of hydrogen-bond acceptors (Lipinski definition) is 6. The van der Waals surface area contributed by atoms with Gasteiger partial charge in [0.15, 0.2) is 0 Å². The molecule has 0 amide bonds. The highest BCUT2D eigenvalue weighted by Crippen LogP contribution is 2.19. The Morgan fingerprint density at radius 3 is 2.33 bits per heavy atom. The highest BCUT2D eigenvalue weighted by Gasteiger charge is 2.19. The minimum atomic E-state index is 0.560. The number of nitrogen functional groups attached to an aromatic ring is 1. The Morgan fingerprint density at radius 1 is 1.00 bits per heavy atom. The maximum Gasteiger partial charge on any atom is 0.132 e. The fourth-order valence-electron chi connectivity index (χ4n) is 2.64. The molecule has 0 spiro atoms. The van der Waals surface area contributed by atoms with Crippen molar-refractivity contribution in [1.82, 2.24) is 15.0 Å². The van der Waals surface area contributed by atoms with Gasteiger partial charge < -0.3 is 15.5 Å². The number of aryl methyl sites for hydroxylation is 2. The van der Waals surface area contributed by atoms with Gasteiger partial charge in [-0.05, 0) is 26.0 Å². The molecule has 6 heteroatoms. The van der Waals surface area contributed by atoms with Gasteiger partial charge in [-0.2, -0.15) is 0 Å². The van der Waals surface area contributed by atoms with Crippen LogP contribution in [0.25, 0.3) is 0 Å². The highest BCUT2D eigenvalue weighted by atomic mass is 15.3. The van der Waals surface area contributed by atoms with Crippen molar-refractivity contribution in [2.45, 2.75) is 13.8 Å². The second-order valence-electron chi connectivity index (χ2n) is 5.33. The first kappa shape index (κ1) is 13.6. The summed E-state index contributed by atoms with van der Waals surface area (Å²) >= 11 is 0. The first-order chi connectivity index (χ1) is 10.1. The number of nitrogens with zero attached hydrogens (tertiary/aromatic N) is 5. The summed E-state index contributed by atoms with van der Waals surface area (Å²) in [5.41, 5.74) is 7.77. The van der Waals surface area contributed by atoms with Gasteiger partial charge >= 0.3 is 0 Å². The molecule has 1 saturated heterocycles. The maximum absolute atomic E-state index is 5.63. The summed E-state index contributed by atoms with van der Waals surface area (Å²) in [7, 11) is 0. The molecule has 2 N–H and O–H groups in total. The maximum atomic E-state index is 5.63. The largest absolute Gasteiger partial charge is 0.384 e. The van der Waals surface area contributed by atoms with Gasteiger partial charge in [0.25, 0.3) is 0 Å². The van der Waals surface area contributed by atoms with E-state index in [2.05, 4.69) is 24.8 Å². The van der Waals surface area contributed by atoms with Crippen molar-refractivity contribution in [1.29, 1.82) is 0 Å². The number of piperazine rings is 1. The molecule has 21 heavy (non-hydrogen) atoms. The predicted octanol–water partition coefficient (Wildman–Crippen LogP) is 1.40. The summed E-state index contributed by atoms with van der Waals surface area (Å²) in [5.74, 6) is 2.41. The van der Waals surface area contributed by atoms with Crippen LogP contribution in [-0.4, -0.2) is 41.1 Å². The Balaban J connectivity index is 1.68. The van der Waals surface area contributed by atoms with E-state index in [1.54, 1.807) is 0 Å². The first-order valence-electron chi connectivity index (χ1n) is 7.15. The van der Waals surface area contributed by atoms with Crippen LogP contribution in [0.4, 0.5) is 17.3 Å². The van der Waals surface area contributed by atoms with Crippen LogP contribution in [0.2, 0.25) is 0 Å². The van der Waals surface area contributed by atoms with Crippen LogP contribution in [0.1, 0.15) is 11.5 Å². The van der Waals surface area contributed by atoms with Crippen molar-refractivity contribution in [3.63, 3.8) is 0 Å². The van der Waals surface area contributed by atoms with Crippen LogP contribution in [-0.2, 0) is 0 Å². The molecule has 2 aromatic rings. The lowest BCUT2D eigenvalue weighted by atomic mass is 10.2. The van der Waals surface area contributed by atoms with Gasteiger partial charge in [-0.25, -0.2) is 15.0 Å². The molecule has 0 atom stereocenters. The lowest BCUT2D eigenvalue weighted by Gasteiger charge is -2.36. The van der Waals surface area contributed by atoms with Gasteiger partial charge in [-0.1, -0.05) is 0 Å². The fourth-order valence-corrected chi connectivity index (χ4v) is 2.64. The Hall–Kier alpha value is -2.37. The topological polar surface area (TPSA) is 71.2 Å². The Bertz CT molecular complexity index is 596. The molecule has 0 radical (unpaired) electrons. The van der Waals surface area contributed by atoms with Gasteiger partial charge in [0, 0.05) is 37.9 Å². The third kappa shape index (κ3) is 3.04. The van der Waals surface area contributed by atoms with Crippen LogP contribution in [0, 0.1) is 13.8 Å². The van der Waals surface area contributed by atoms with Gasteiger partial charge in [0.1, 0.15) is 17.5 Å². The number of nitrogens with two attached hydrogens (primary N) is 1. The summed E-state index contributed by atoms with van der Waals surface area (Å²) < 4.78 is 0. The average Bonchev–Trinajstić information content (AvgIpc) is 2.47. The molecule has 2 aromatic heterocycles. The first-order valence-corrected chi connectivity index (χ1v) is 7.15. The third-order valence-electron chi connectivity index (χ3n) is 3.69. The summed E-state index contributed by atoms with van der Waals surface area (Å²) in [6, 6.07) is 5.92. The molecule has 0 aliphatic carbocycles. The van der Waals surface area contributed by atoms with E-state index >= 15 is 0 Å². The Labute approximate surface area is 124 Å². The van der Waals surface area contributed by atoms with Crippen molar-refractivity contribution < 1.29 is 0 Å². The number of anilines is 3. The van der Waals surface area contributed by atoms with Crippen molar-refractivity contribution in [2.75, 3.05) is 41.7 Å². The molecule has 0 bridgehead atoms. The monoisotopic (exact) mass is 284 g/mol. The van der Waals surface area contributed by atoms with Crippen LogP contribution in [0.5, 0.6) is 0 Å². The molecule has 0 unspecified atom stereocenters. The molecule has 110 valence electrons. The van der Waals surface area contributed by atoms with Gasteiger partial charge in [-0.3, -0.25) is 0 Å². The van der Waals surface area contributed by atoms with Gasteiger partial charge in [0.05, 0.1) is 11.9 Å². The SMILES string of the molecule is Cc1cc(N2CCN(c3ccc(N)nc3)CC2)nc(C)n1. The molecular formula is C15H20N6. The van der Waals surface area contributed by atoms with Crippen molar-refractivity contribution in [3.8, 4) is 0 Å². The Kier molecular flexibility index (Phi) is 3.60. The molecule has 3 rings (SSSR count). The molecule has 0 aromatic carbocycles. The van der Waals surface area contributed by atoms with E-state index < -0.39 is 0 Å². The molecule has 1 aliphatic heterocycles. The number of aromatic nitrogens is 3. The molecule has 1 aliphatic rings. The van der Waals surface area contributed by atoms with E-state index in [0.717, 1.165) is 49.2 Å². The molecule has 3 heterocycles. The normalized spacial score (nSPS) is 15.3. The van der Waals surface area contributed by atoms with E-state index in [0.29, 0.717) is 5.82 Å². The predicted molar refractivity (Wildman–Crippen MR) is 84.6 cm³/mol. The second kappa shape index (κ2) is 5.55. The number of rotatable bonds is 2. The van der Waals surface area contributed by atoms with E-state index in [-0.39, 0.29) is 0 Å². The standard InChI is InChI=1S/C15H20N6/c1-11-9-15(19-12(2)18-11)21-7-5-20(6-8-21)13-3-4-14(16)17-10-13/h3-4,9-10H,5-8H2,1-2H3,(H2,16,17). The molecule has 0 saturated carbocycles. The second-order valence-corrected chi connectivity index (χ2v) is 5.33. The number of pyridine rings is 1. The molecule has 1 fully saturated rings. The molecule has 6 nitrogen and oxygen atoms in total. The molecular weight excluding hydrogens is 264 g/mol. The smallest absolute Gasteiger partial charge is 0.132 e. The summed E-state index contributed by atoms with van der Waals surface area (Å²) in [6.45, 7) is 7.74. The minimum absolute atomic E-state index is 0.560. The summed E-state index contributed by atoms with van der Waals surface area (Å²) in [5, 5.41) is 0. The zero-order valence-corrected chi connectivity index (χ0v) is 12.5. The van der Waals surface area contributed by atoms with E-state index in [1.807, 2.05) is 38.2 Å². The Morgan fingerprint density at radius 2 is 1.71 bits per heavy atom. The van der Waals surface area contributed by atoms with Crippen LogP contribution < -0.4 is 15.5 Å². The highest BCUT2D eigenvalue weighted by molar-refractivity contribution is 5.50. The van der Waals surface area contributed by atoms with E-state index in [4.69, 9.17) is 5.73 Å². The van der Waals surface area contributed by atoms with E-state index in [9.17, 15) is 0 Å². The zero-order chi connectivity index (χ0) is 14.8. The van der Waals surface area contributed by atoms with Gasteiger partial charge in [-0.15, -0.1) is 0 Å². The van der Waals surface area contributed by atoms with Crippen molar-refractivity contribution in [2.24, 2.45) is 0 Å². The zero-order valence-electron chi connectivity index (χ0n) is 12.5. The quantitative estimate of drug-likeness (QED) is 0.898. The van der Waals surface area contributed by atoms with Gasteiger partial charge in [0.2, 0.25) is 0 Å². The number of hydrogen-bond donors (Lipinski definition) is 1. The summed E-state index contributed by atoms with van der Waals surface area (Å²) in [6.07, 6.45) is 1.84. The van der Waals surface area contributed by atoms with Crippen molar-refractivity contribution in [3.05, 3.63) is 35.9 Å². The van der Waals surface area contributed by atoms with Crippen LogP contribution >= 0.6 is 0 Å². The minimum Gasteiger partial charge on any atom is -0.384 e. The fraction of sp³-hybridized carbons (Fsp3) is 0.400. The lowest BCUT2D eigenvalue weighted by Crippen LogP contribution is -2.47. The van der Waals surface area contributed by atoms with Crippen LogP contribution in [0.15, 0.2) is 24.4 Å². The van der Waals surface area contributed by atoms with E-state index in [1.165, 1.54) is 0 Å². The average molecular weight is 284 g/mol. The van der Waals surface area contributed by atoms with Crippen molar-refractivity contribution >= 4 is 17.3 Å². The lowest BCUT2D eigenvalue weighted by molar-refractivity contribution is 0.644. The van der Waals surface area contributed by atoms with Crippen LogP contribution in [0.3, 0.4) is 0 Å². The summed E-state index contributed by atoms with van der Waals surface area (Å²) in [4.78, 5) is 17.7.